The fourth-order valence-electron chi connectivity index (χ4n) is 2.50. The van der Waals surface area contributed by atoms with Crippen LogP contribution in [0.15, 0.2) is 36.5 Å². The van der Waals surface area contributed by atoms with Crippen LogP contribution in [-0.4, -0.2) is 24.3 Å². The zero-order valence-electron chi connectivity index (χ0n) is 11.0. The minimum absolute atomic E-state index is 0.457. The van der Waals surface area contributed by atoms with E-state index in [1.807, 2.05) is 18.2 Å². The standard InChI is InChI=1S/C16H19NO2/c1-2-8-16-13(5-1)11-15(12-17-16)19-10-4-7-14-6-3-9-18-14/h1-2,5,8,11-12,14H,3-4,6-7,9-10H2. The minimum Gasteiger partial charge on any atom is -0.492 e. The Hall–Kier alpha value is -1.61. The lowest BCUT2D eigenvalue weighted by molar-refractivity contribution is 0.0981. The molecule has 100 valence electrons. The van der Waals surface area contributed by atoms with Crippen molar-refractivity contribution in [3.8, 4) is 5.75 Å². The van der Waals surface area contributed by atoms with Gasteiger partial charge in [0.15, 0.2) is 0 Å². The molecule has 0 saturated carbocycles. The summed E-state index contributed by atoms with van der Waals surface area (Å²) in [7, 11) is 0. The molecule has 0 bridgehead atoms. The topological polar surface area (TPSA) is 31.4 Å². The molecule has 1 fully saturated rings. The predicted octanol–water partition coefficient (Wildman–Crippen LogP) is 3.57. The lowest BCUT2D eigenvalue weighted by Gasteiger charge is -2.10. The van der Waals surface area contributed by atoms with E-state index in [0.29, 0.717) is 6.10 Å². The van der Waals surface area contributed by atoms with Gasteiger partial charge in [0.25, 0.3) is 0 Å². The van der Waals surface area contributed by atoms with Gasteiger partial charge in [-0.15, -0.1) is 0 Å². The summed E-state index contributed by atoms with van der Waals surface area (Å²) in [4.78, 5) is 4.39. The number of nitrogens with zero attached hydrogens (tertiary/aromatic N) is 1. The molecule has 0 aliphatic carbocycles. The van der Waals surface area contributed by atoms with Crippen LogP contribution >= 0.6 is 0 Å². The van der Waals surface area contributed by atoms with E-state index < -0.39 is 0 Å². The van der Waals surface area contributed by atoms with Crippen LogP contribution in [0.3, 0.4) is 0 Å². The largest absolute Gasteiger partial charge is 0.492 e. The molecule has 0 amide bonds. The van der Waals surface area contributed by atoms with E-state index >= 15 is 0 Å². The quantitative estimate of drug-likeness (QED) is 0.767. The Morgan fingerprint density at radius 2 is 2.26 bits per heavy atom. The molecule has 1 saturated heterocycles. The molecule has 1 unspecified atom stereocenters. The van der Waals surface area contributed by atoms with Crippen LogP contribution < -0.4 is 4.74 Å². The number of pyridine rings is 1. The number of hydrogen-bond donors (Lipinski definition) is 0. The van der Waals surface area contributed by atoms with E-state index in [2.05, 4.69) is 17.1 Å². The van der Waals surface area contributed by atoms with Gasteiger partial charge in [0.05, 0.1) is 24.4 Å². The minimum atomic E-state index is 0.457. The molecule has 1 aromatic heterocycles. The highest BCUT2D eigenvalue weighted by atomic mass is 16.5. The van der Waals surface area contributed by atoms with Crippen molar-refractivity contribution in [2.24, 2.45) is 0 Å². The highest BCUT2D eigenvalue weighted by Crippen LogP contribution is 2.19. The highest BCUT2D eigenvalue weighted by molar-refractivity contribution is 5.79. The molecule has 0 spiro atoms. The lowest BCUT2D eigenvalue weighted by atomic mass is 10.1. The van der Waals surface area contributed by atoms with Gasteiger partial charge in [-0.3, -0.25) is 4.98 Å². The second-order valence-corrected chi connectivity index (χ2v) is 4.99. The van der Waals surface area contributed by atoms with Gasteiger partial charge < -0.3 is 9.47 Å². The van der Waals surface area contributed by atoms with Crippen molar-refractivity contribution in [1.82, 2.24) is 4.98 Å². The first-order valence-corrected chi connectivity index (χ1v) is 7.01. The first kappa shape index (κ1) is 12.4. The number of rotatable bonds is 5. The highest BCUT2D eigenvalue weighted by Gasteiger charge is 2.14. The van der Waals surface area contributed by atoms with E-state index in [4.69, 9.17) is 9.47 Å². The third kappa shape index (κ3) is 3.24. The van der Waals surface area contributed by atoms with Gasteiger partial charge in [-0.1, -0.05) is 18.2 Å². The van der Waals surface area contributed by atoms with Gasteiger partial charge in [-0.25, -0.2) is 0 Å². The molecule has 1 atom stereocenters. The summed E-state index contributed by atoms with van der Waals surface area (Å²) < 4.78 is 11.4. The Balaban J connectivity index is 1.50. The van der Waals surface area contributed by atoms with Crippen LogP contribution in [0.1, 0.15) is 25.7 Å². The molecule has 0 N–H and O–H groups in total. The number of fused-ring (bicyclic) bond motifs is 1. The molecule has 3 heteroatoms. The van der Waals surface area contributed by atoms with Crippen LogP contribution in [0.4, 0.5) is 0 Å². The van der Waals surface area contributed by atoms with Gasteiger partial charge in [-0.05, 0) is 37.8 Å². The fraction of sp³-hybridized carbons (Fsp3) is 0.438. The molecular formula is C16H19NO2. The second kappa shape index (κ2) is 6.02. The van der Waals surface area contributed by atoms with Crippen molar-refractivity contribution in [3.05, 3.63) is 36.5 Å². The maximum Gasteiger partial charge on any atom is 0.138 e. The summed E-state index contributed by atoms with van der Waals surface area (Å²) in [5.74, 6) is 0.853. The van der Waals surface area contributed by atoms with E-state index in [-0.39, 0.29) is 0 Å². The number of para-hydroxylation sites is 1. The van der Waals surface area contributed by atoms with E-state index in [0.717, 1.165) is 42.7 Å². The molecular weight excluding hydrogens is 238 g/mol. The smallest absolute Gasteiger partial charge is 0.138 e. The summed E-state index contributed by atoms with van der Waals surface area (Å²) in [6.45, 7) is 1.67. The second-order valence-electron chi connectivity index (χ2n) is 4.99. The van der Waals surface area contributed by atoms with Crippen LogP contribution in [0.25, 0.3) is 10.9 Å². The Labute approximate surface area is 113 Å². The maximum absolute atomic E-state index is 5.76. The van der Waals surface area contributed by atoms with Crippen LogP contribution in [0, 0.1) is 0 Å². The van der Waals surface area contributed by atoms with Crippen LogP contribution in [0.2, 0.25) is 0 Å². The van der Waals surface area contributed by atoms with Crippen LogP contribution in [0.5, 0.6) is 5.75 Å². The summed E-state index contributed by atoms with van der Waals surface area (Å²) >= 11 is 0. The van der Waals surface area contributed by atoms with Gasteiger partial charge in [0.2, 0.25) is 0 Å². The lowest BCUT2D eigenvalue weighted by Crippen LogP contribution is -2.07. The van der Waals surface area contributed by atoms with Crippen molar-refractivity contribution in [3.63, 3.8) is 0 Å². The van der Waals surface area contributed by atoms with Crippen molar-refractivity contribution >= 4 is 10.9 Å². The molecule has 2 aromatic rings. The number of ether oxygens (including phenoxy) is 2. The summed E-state index contributed by atoms with van der Waals surface area (Å²) in [5, 5.41) is 1.12. The zero-order valence-corrected chi connectivity index (χ0v) is 11.0. The summed E-state index contributed by atoms with van der Waals surface area (Å²) in [5.41, 5.74) is 1.01. The van der Waals surface area contributed by atoms with Gasteiger partial charge in [0, 0.05) is 12.0 Å². The average molecular weight is 257 g/mol. The molecule has 19 heavy (non-hydrogen) atoms. The molecule has 3 rings (SSSR count). The first-order chi connectivity index (χ1) is 9.42. The number of hydrogen-bond acceptors (Lipinski definition) is 3. The van der Waals surface area contributed by atoms with Crippen LogP contribution in [-0.2, 0) is 4.74 Å². The van der Waals surface area contributed by atoms with Gasteiger partial charge in [-0.2, -0.15) is 0 Å². The first-order valence-electron chi connectivity index (χ1n) is 7.01. The Morgan fingerprint density at radius 3 is 3.16 bits per heavy atom. The van der Waals surface area contributed by atoms with Crippen molar-refractivity contribution in [1.29, 1.82) is 0 Å². The van der Waals surface area contributed by atoms with E-state index in [1.54, 1.807) is 6.20 Å². The Kier molecular flexibility index (Phi) is 3.94. The van der Waals surface area contributed by atoms with E-state index in [1.165, 1.54) is 12.8 Å². The number of aromatic nitrogens is 1. The van der Waals surface area contributed by atoms with Crippen molar-refractivity contribution in [2.75, 3.05) is 13.2 Å². The third-order valence-electron chi connectivity index (χ3n) is 3.53. The zero-order chi connectivity index (χ0) is 12.9. The average Bonchev–Trinajstić information content (AvgIpc) is 2.97. The summed E-state index contributed by atoms with van der Waals surface area (Å²) in [6, 6.07) is 10.1. The van der Waals surface area contributed by atoms with Crippen molar-refractivity contribution in [2.45, 2.75) is 31.8 Å². The normalized spacial score (nSPS) is 18.8. The third-order valence-corrected chi connectivity index (χ3v) is 3.53. The predicted molar refractivity (Wildman–Crippen MR) is 75.4 cm³/mol. The molecule has 1 aliphatic rings. The fourth-order valence-corrected chi connectivity index (χ4v) is 2.50. The van der Waals surface area contributed by atoms with Gasteiger partial charge >= 0.3 is 0 Å². The molecule has 3 nitrogen and oxygen atoms in total. The SMILES string of the molecule is c1ccc2ncc(OCCCC3CCCO3)cc2c1. The maximum atomic E-state index is 5.76. The molecule has 1 aromatic carbocycles. The Bertz CT molecular complexity index is 535. The molecule has 2 heterocycles. The van der Waals surface area contributed by atoms with Crippen molar-refractivity contribution < 1.29 is 9.47 Å². The van der Waals surface area contributed by atoms with Gasteiger partial charge in [0.1, 0.15) is 5.75 Å². The Morgan fingerprint density at radius 1 is 1.32 bits per heavy atom. The summed E-state index contributed by atoms with van der Waals surface area (Å²) in [6.07, 6.45) is 6.81. The molecule has 1 aliphatic heterocycles. The monoisotopic (exact) mass is 257 g/mol. The number of benzene rings is 1. The van der Waals surface area contributed by atoms with E-state index in [9.17, 15) is 0 Å². The molecule has 0 radical (unpaired) electrons.